The molecular formula is C23H35N3O2. The molecule has 0 bridgehead atoms. The first kappa shape index (κ1) is 20.8. The van der Waals surface area contributed by atoms with Crippen molar-refractivity contribution in [2.45, 2.75) is 89.4 Å². The molecular weight excluding hydrogens is 350 g/mol. The van der Waals surface area contributed by atoms with Crippen molar-refractivity contribution in [2.75, 3.05) is 6.54 Å². The monoisotopic (exact) mass is 385 g/mol. The van der Waals surface area contributed by atoms with Crippen molar-refractivity contribution in [1.29, 1.82) is 0 Å². The molecule has 2 atom stereocenters. The molecule has 1 saturated heterocycles. The van der Waals surface area contributed by atoms with E-state index >= 15 is 0 Å². The SMILES string of the molecule is C[C@@H](c1ccccc1)N(C(=O)[C@H]1CCCN1)C(C)(C)C(=O)NC1CCCCC1. The minimum Gasteiger partial charge on any atom is -0.351 e. The summed E-state index contributed by atoms with van der Waals surface area (Å²) in [4.78, 5) is 28.6. The first-order valence-electron chi connectivity index (χ1n) is 10.8. The Kier molecular flexibility index (Phi) is 6.76. The van der Waals surface area contributed by atoms with Gasteiger partial charge >= 0.3 is 0 Å². The first-order chi connectivity index (χ1) is 13.4. The van der Waals surface area contributed by atoms with Crippen molar-refractivity contribution >= 4 is 11.8 Å². The van der Waals surface area contributed by atoms with Gasteiger partial charge in [0.25, 0.3) is 0 Å². The lowest BCUT2D eigenvalue weighted by Crippen LogP contribution is -2.61. The Hall–Kier alpha value is -1.88. The highest BCUT2D eigenvalue weighted by molar-refractivity contribution is 5.93. The van der Waals surface area contributed by atoms with E-state index in [1.165, 1.54) is 19.3 Å². The molecule has 28 heavy (non-hydrogen) atoms. The summed E-state index contributed by atoms with van der Waals surface area (Å²) in [5.74, 6) is -0.0221. The predicted octanol–water partition coefficient (Wildman–Crippen LogP) is 3.56. The Labute approximate surface area is 169 Å². The van der Waals surface area contributed by atoms with Gasteiger partial charge in [0.05, 0.1) is 12.1 Å². The van der Waals surface area contributed by atoms with E-state index < -0.39 is 5.54 Å². The van der Waals surface area contributed by atoms with Crippen molar-refractivity contribution in [2.24, 2.45) is 0 Å². The third kappa shape index (κ3) is 4.57. The van der Waals surface area contributed by atoms with Crippen molar-refractivity contribution in [3.8, 4) is 0 Å². The van der Waals surface area contributed by atoms with Crippen LogP contribution in [-0.4, -0.2) is 40.9 Å². The molecule has 1 heterocycles. The molecule has 2 N–H and O–H groups in total. The fraction of sp³-hybridized carbons (Fsp3) is 0.652. The van der Waals surface area contributed by atoms with Crippen LogP contribution in [0, 0.1) is 0 Å². The van der Waals surface area contributed by atoms with Crippen LogP contribution in [0.5, 0.6) is 0 Å². The molecule has 1 saturated carbocycles. The quantitative estimate of drug-likeness (QED) is 0.787. The van der Waals surface area contributed by atoms with Crippen LogP contribution in [-0.2, 0) is 9.59 Å². The lowest BCUT2D eigenvalue weighted by atomic mass is 9.91. The molecule has 0 unspecified atom stereocenters. The smallest absolute Gasteiger partial charge is 0.245 e. The van der Waals surface area contributed by atoms with Gasteiger partial charge in [-0.05, 0) is 58.6 Å². The number of nitrogens with zero attached hydrogens (tertiary/aromatic N) is 1. The highest BCUT2D eigenvalue weighted by atomic mass is 16.2. The van der Waals surface area contributed by atoms with Crippen LogP contribution in [0.1, 0.15) is 77.3 Å². The molecule has 3 rings (SSSR count). The predicted molar refractivity (Wildman–Crippen MR) is 112 cm³/mol. The number of nitrogens with one attached hydrogen (secondary N) is 2. The van der Waals surface area contributed by atoms with Crippen LogP contribution in [0.3, 0.4) is 0 Å². The van der Waals surface area contributed by atoms with E-state index in [0.29, 0.717) is 0 Å². The van der Waals surface area contributed by atoms with E-state index in [4.69, 9.17) is 0 Å². The number of carbonyl (C=O) groups is 2. The molecule has 2 fully saturated rings. The van der Waals surface area contributed by atoms with Crippen LogP contribution in [0.2, 0.25) is 0 Å². The summed E-state index contributed by atoms with van der Waals surface area (Å²) in [6.45, 7) is 6.66. The number of carbonyl (C=O) groups excluding carboxylic acids is 2. The van der Waals surface area contributed by atoms with Crippen molar-refractivity contribution in [1.82, 2.24) is 15.5 Å². The van der Waals surface area contributed by atoms with Gasteiger partial charge in [-0.15, -0.1) is 0 Å². The zero-order valence-corrected chi connectivity index (χ0v) is 17.5. The van der Waals surface area contributed by atoms with Gasteiger partial charge in [0.2, 0.25) is 11.8 Å². The van der Waals surface area contributed by atoms with Gasteiger partial charge in [-0.2, -0.15) is 0 Å². The van der Waals surface area contributed by atoms with Crippen molar-refractivity contribution < 1.29 is 9.59 Å². The second kappa shape index (κ2) is 9.08. The molecule has 0 spiro atoms. The maximum atomic E-state index is 13.5. The van der Waals surface area contributed by atoms with Crippen LogP contribution in [0.25, 0.3) is 0 Å². The highest BCUT2D eigenvalue weighted by Crippen LogP contribution is 2.31. The zero-order chi connectivity index (χ0) is 20.1. The van der Waals surface area contributed by atoms with Gasteiger partial charge in [-0.1, -0.05) is 49.6 Å². The molecule has 0 radical (unpaired) electrons. The Morgan fingerprint density at radius 2 is 1.75 bits per heavy atom. The maximum absolute atomic E-state index is 13.5. The van der Waals surface area contributed by atoms with Gasteiger partial charge in [0.15, 0.2) is 0 Å². The summed E-state index contributed by atoms with van der Waals surface area (Å²) < 4.78 is 0. The van der Waals surface area contributed by atoms with E-state index in [1.54, 1.807) is 0 Å². The van der Waals surface area contributed by atoms with Crippen LogP contribution in [0.15, 0.2) is 30.3 Å². The fourth-order valence-electron chi connectivity index (χ4n) is 4.61. The van der Waals surface area contributed by atoms with Gasteiger partial charge in [0.1, 0.15) is 5.54 Å². The topological polar surface area (TPSA) is 61.4 Å². The van der Waals surface area contributed by atoms with E-state index in [1.807, 2.05) is 56.0 Å². The normalized spacial score (nSPS) is 21.9. The number of amides is 2. The summed E-state index contributed by atoms with van der Waals surface area (Å²) in [5, 5.41) is 6.55. The molecule has 5 heteroatoms. The highest BCUT2D eigenvalue weighted by Gasteiger charge is 2.44. The summed E-state index contributed by atoms with van der Waals surface area (Å²) in [5.41, 5.74) is 0.126. The van der Waals surface area contributed by atoms with E-state index in [9.17, 15) is 9.59 Å². The van der Waals surface area contributed by atoms with Gasteiger partial charge < -0.3 is 15.5 Å². The minimum absolute atomic E-state index is 0.0256. The van der Waals surface area contributed by atoms with Crippen molar-refractivity contribution in [3.05, 3.63) is 35.9 Å². The molecule has 154 valence electrons. The second-order valence-electron chi connectivity index (χ2n) is 8.81. The van der Waals surface area contributed by atoms with Crippen LogP contribution >= 0.6 is 0 Å². The average molecular weight is 386 g/mol. The van der Waals surface area contributed by atoms with Gasteiger partial charge in [0, 0.05) is 6.04 Å². The number of hydrogen-bond acceptors (Lipinski definition) is 3. The molecule has 1 aliphatic heterocycles. The Bertz CT molecular complexity index is 662. The molecule has 2 amide bonds. The van der Waals surface area contributed by atoms with Crippen molar-refractivity contribution in [3.63, 3.8) is 0 Å². The maximum Gasteiger partial charge on any atom is 0.245 e. The molecule has 1 aromatic rings. The lowest BCUT2D eigenvalue weighted by Gasteiger charge is -2.43. The molecule has 1 aliphatic carbocycles. The summed E-state index contributed by atoms with van der Waals surface area (Å²) in [6.07, 6.45) is 7.48. The molecule has 0 aromatic heterocycles. The summed E-state index contributed by atoms with van der Waals surface area (Å²) in [7, 11) is 0. The molecule has 2 aliphatic rings. The van der Waals surface area contributed by atoms with E-state index in [-0.39, 0.29) is 29.9 Å². The van der Waals surface area contributed by atoms with Crippen LogP contribution in [0.4, 0.5) is 0 Å². The zero-order valence-electron chi connectivity index (χ0n) is 17.5. The largest absolute Gasteiger partial charge is 0.351 e. The fourth-order valence-corrected chi connectivity index (χ4v) is 4.61. The van der Waals surface area contributed by atoms with E-state index in [0.717, 1.165) is 37.8 Å². The van der Waals surface area contributed by atoms with Gasteiger partial charge in [-0.25, -0.2) is 0 Å². The standard InChI is InChI=1S/C23H35N3O2/c1-17(18-11-6-4-7-12-18)26(21(27)20-15-10-16-24-20)23(2,3)22(28)25-19-13-8-5-9-14-19/h4,6-7,11-12,17,19-20,24H,5,8-10,13-16H2,1-3H3,(H,25,28)/t17-,20+/m0/s1. The number of hydrogen-bond donors (Lipinski definition) is 2. The Morgan fingerprint density at radius 3 is 2.36 bits per heavy atom. The van der Waals surface area contributed by atoms with Crippen LogP contribution < -0.4 is 10.6 Å². The average Bonchev–Trinajstić information content (AvgIpc) is 3.24. The van der Waals surface area contributed by atoms with E-state index in [2.05, 4.69) is 10.6 Å². The summed E-state index contributed by atoms with van der Waals surface area (Å²) in [6, 6.07) is 9.85. The lowest BCUT2D eigenvalue weighted by molar-refractivity contribution is -0.150. The van der Waals surface area contributed by atoms with Gasteiger partial charge in [-0.3, -0.25) is 9.59 Å². The third-order valence-electron chi connectivity index (χ3n) is 6.36. The first-order valence-corrected chi connectivity index (χ1v) is 10.8. The summed E-state index contributed by atoms with van der Waals surface area (Å²) >= 11 is 0. The second-order valence-corrected chi connectivity index (χ2v) is 8.81. The molecule has 1 aromatic carbocycles. The Morgan fingerprint density at radius 1 is 1.07 bits per heavy atom. The number of benzene rings is 1. The Balaban J connectivity index is 1.85. The number of rotatable bonds is 6. The minimum atomic E-state index is -0.923. The molecule has 5 nitrogen and oxygen atoms in total. The third-order valence-corrected chi connectivity index (χ3v) is 6.36.